The maximum Gasteiger partial charge on any atom is 0.251 e. The summed E-state index contributed by atoms with van der Waals surface area (Å²) in [6, 6.07) is 9.61. The van der Waals surface area contributed by atoms with Gasteiger partial charge < -0.3 is 5.32 Å². The summed E-state index contributed by atoms with van der Waals surface area (Å²) in [6.45, 7) is 10.1. The monoisotopic (exact) mass is 394 g/mol. The SMILES string of the molecule is CCC(C)(C)NC(=O)c1cc(-c2ccc(F)cc2)nc(-n2ccnc2C(C)C)c1. The first-order valence-electron chi connectivity index (χ1n) is 9.84. The van der Waals surface area contributed by atoms with E-state index in [9.17, 15) is 9.18 Å². The first-order valence-corrected chi connectivity index (χ1v) is 9.84. The lowest BCUT2D eigenvalue weighted by Gasteiger charge is -2.24. The van der Waals surface area contributed by atoms with Gasteiger partial charge in [-0.05, 0) is 56.7 Å². The van der Waals surface area contributed by atoms with Crippen LogP contribution in [0, 0.1) is 5.82 Å². The van der Waals surface area contributed by atoms with E-state index in [4.69, 9.17) is 4.98 Å². The zero-order valence-corrected chi connectivity index (χ0v) is 17.5. The summed E-state index contributed by atoms with van der Waals surface area (Å²) >= 11 is 0. The zero-order chi connectivity index (χ0) is 21.2. The maximum atomic E-state index is 13.4. The minimum Gasteiger partial charge on any atom is -0.347 e. The molecule has 0 atom stereocenters. The van der Waals surface area contributed by atoms with Gasteiger partial charge in [0.15, 0.2) is 0 Å². The molecule has 0 radical (unpaired) electrons. The Hall–Kier alpha value is -3.02. The standard InChI is InChI=1S/C23H27FN4O/c1-6-23(4,5)27-22(29)17-13-19(16-7-9-18(24)10-8-16)26-20(14-17)28-12-11-25-21(28)15(2)3/h7-15H,6H2,1-5H3,(H,27,29). The molecule has 3 aromatic rings. The van der Waals surface area contributed by atoms with Gasteiger partial charge in [0.05, 0.1) is 5.69 Å². The molecule has 0 fully saturated rings. The molecule has 0 aliphatic carbocycles. The fourth-order valence-corrected chi connectivity index (χ4v) is 2.94. The van der Waals surface area contributed by atoms with Crippen molar-refractivity contribution >= 4 is 5.91 Å². The second-order valence-corrected chi connectivity index (χ2v) is 8.11. The Balaban J connectivity index is 2.13. The van der Waals surface area contributed by atoms with Crippen LogP contribution in [0.4, 0.5) is 4.39 Å². The fourth-order valence-electron chi connectivity index (χ4n) is 2.94. The van der Waals surface area contributed by atoms with E-state index in [1.54, 1.807) is 30.5 Å². The molecule has 1 N–H and O–H groups in total. The number of hydrogen-bond donors (Lipinski definition) is 1. The van der Waals surface area contributed by atoms with Gasteiger partial charge in [0.25, 0.3) is 5.91 Å². The summed E-state index contributed by atoms with van der Waals surface area (Å²) in [4.78, 5) is 22.1. The van der Waals surface area contributed by atoms with Crippen LogP contribution < -0.4 is 5.32 Å². The number of nitrogens with one attached hydrogen (secondary N) is 1. The molecule has 1 aromatic carbocycles. The molecule has 0 saturated heterocycles. The number of hydrogen-bond acceptors (Lipinski definition) is 3. The summed E-state index contributed by atoms with van der Waals surface area (Å²) in [6.07, 6.45) is 4.37. The van der Waals surface area contributed by atoms with Gasteiger partial charge >= 0.3 is 0 Å². The number of aromatic nitrogens is 3. The zero-order valence-electron chi connectivity index (χ0n) is 17.5. The number of imidazole rings is 1. The number of benzene rings is 1. The molecule has 2 aromatic heterocycles. The van der Waals surface area contributed by atoms with Gasteiger partial charge in [-0.1, -0.05) is 20.8 Å². The van der Waals surface area contributed by atoms with Crippen molar-refractivity contribution < 1.29 is 9.18 Å². The molecule has 6 heteroatoms. The van der Waals surface area contributed by atoms with E-state index >= 15 is 0 Å². The molecule has 5 nitrogen and oxygen atoms in total. The summed E-state index contributed by atoms with van der Waals surface area (Å²) in [7, 11) is 0. The lowest BCUT2D eigenvalue weighted by atomic mass is 10.0. The predicted octanol–water partition coefficient (Wildman–Crippen LogP) is 5.12. The molecule has 2 heterocycles. The number of nitrogens with zero attached hydrogens (tertiary/aromatic N) is 3. The van der Waals surface area contributed by atoms with Crippen LogP contribution in [0.5, 0.6) is 0 Å². The number of halogens is 1. The second-order valence-electron chi connectivity index (χ2n) is 8.11. The highest BCUT2D eigenvalue weighted by Gasteiger charge is 2.21. The molecule has 152 valence electrons. The van der Waals surface area contributed by atoms with Crippen molar-refractivity contribution in [3.05, 3.63) is 66.0 Å². The van der Waals surface area contributed by atoms with Gasteiger partial charge in [0.1, 0.15) is 17.5 Å². The van der Waals surface area contributed by atoms with Gasteiger partial charge in [-0.25, -0.2) is 14.4 Å². The maximum absolute atomic E-state index is 13.4. The summed E-state index contributed by atoms with van der Waals surface area (Å²) in [5.41, 5.74) is 1.52. The molecular formula is C23H27FN4O. The van der Waals surface area contributed by atoms with Crippen LogP contribution in [-0.4, -0.2) is 26.0 Å². The van der Waals surface area contributed by atoms with Crippen LogP contribution in [0.25, 0.3) is 17.1 Å². The van der Waals surface area contributed by atoms with Crippen LogP contribution in [0.3, 0.4) is 0 Å². The van der Waals surface area contributed by atoms with Crippen LogP contribution >= 0.6 is 0 Å². The van der Waals surface area contributed by atoms with E-state index in [0.29, 0.717) is 17.1 Å². The highest BCUT2D eigenvalue weighted by Crippen LogP contribution is 2.24. The largest absolute Gasteiger partial charge is 0.347 e. The van der Waals surface area contributed by atoms with E-state index in [0.717, 1.165) is 17.8 Å². The number of amides is 1. The Morgan fingerprint density at radius 3 is 2.52 bits per heavy atom. The van der Waals surface area contributed by atoms with Crippen LogP contribution in [0.2, 0.25) is 0 Å². The predicted molar refractivity (Wildman–Crippen MR) is 113 cm³/mol. The Morgan fingerprint density at radius 1 is 1.21 bits per heavy atom. The van der Waals surface area contributed by atoms with E-state index < -0.39 is 0 Å². The van der Waals surface area contributed by atoms with Crippen LogP contribution in [0.1, 0.15) is 63.1 Å². The van der Waals surface area contributed by atoms with Crippen molar-refractivity contribution in [2.45, 2.75) is 52.5 Å². The highest BCUT2D eigenvalue weighted by molar-refractivity contribution is 5.96. The van der Waals surface area contributed by atoms with Crippen molar-refractivity contribution in [2.24, 2.45) is 0 Å². The van der Waals surface area contributed by atoms with Gasteiger partial charge in [-0.2, -0.15) is 0 Å². The van der Waals surface area contributed by atoms with E-state index in [1.807, 2.05) is 31.5 Å². The smallest absolute Gasteiger partial charge is 0.251 e. The fraction of sp³-hybridized carbons (Fsp3) is 0.348. The lowest BCUT2D eigenvalue weighted by Crippen LogP contribution is -2.42. The topological polar surface area (TPSA) is 59.8 Å². The summed E-state index contributed by atoms with van der Waals surface area (Å²) < 4.78 is 15.3. The Kier molecular flexibility index (Phi) is 5.82. The molecule has 0 unspecified atom stereocenters. The Labute approximate surface area is 171 Å². The van der Waals surface area contributed by atoms with Crippen LogP contribution in [-0.2, 0) is 0 Å². The van der Waals surface area contributed by atoms with Gasteiger partial charge in [-0.3, -0.25) is 9.36 Å². The highest BCUT2D eigenvalue weighted by atomic mass is 19.1. The Morgan fingerprint density at radius 2 is 1.90 bits per heavy atom. The quantitative estimate of drug-likeness (QED) is 0.632. The average Bonchev–Trinajstić information content (AvgIpc) is 3.18. The molecule has 0 bridgehead atoms. The van der Waals surface area contributed by atoms with Crippen molar-refractivity contribution in [2.75, 3.05) is 0 Å². The molecule has 0 aliphatic heterocycles. The third-order valence-corrected chi connectivity index (χ3v) is 4.98. The number of pyridine rings is 1. The second kappa shape index (κ2) is 8.15. The molecule has 0 saturated carbocycles. The molecule has 3 rings (SSSR count). The molecule has 1 amide bonds. The Bertz CT molecular complexity index is 1010. The molecular weight excluding hydrogens is 367 g/mol. The summed E-state index contributed by atoms with van der Waals surface area (Å²) in [5, 5.41) is 3.07. The average molecular weight is 394 g/mol. The van der Waals surface area contributed by atoms with Crippen LogP contribution in [0.15, 0.2) is 48.8 Å². The minimum absolute atomic E-state index is 0.171. The van der Waals surface area contributed by atoms with Gasteiger partial charge in [0, 0.05) is 35.0 Å². The normalized spacial score (nSPS) is 11.7. The molecule has 0 spiro atoms. The lowest BCUT2D eigenvalue weighted by molar-refractivity contribution is 0.0911. The van der Waals surface area contributed by atoms with Gasteiger partial charge in [0.2, 0.25) is 0 Å². The van der Waals surface area contributed by atoms with Crippen molar-refractivity contribution in [1.82, 2.24) is 19.9 Å². The minimum atomic E-state index is -0.325. The van der Waals surface area contributed by atoms with Crippen molar-refractivity contribution in [3.63, 3.8) is 0 Å². The first-order chi connectivity index (χ1) is 13.7. The number of carbonyl (C=O) groups is 1. The molecule has 0 aliphatic rings. The van der Waals surface area contributed by atoms with Crippen molar-refractivity contribution in [1.29, 1.82) is 0 Å². The third kappa shape index (κ3) is 4.70. The first kappa shape index (κ1) is 20.7. The third-order valence-electron chi connectivity index (χ3n) is 4.98. The van der Waals surface area contributed by atoms with Gasteiger partial charge in [-0.15, -0.1) is 0 Å². The summed E-state index contributed by atoms with van der Waals surface area (Å²) in [5.74, 6) is 1.17. The number of carbonyl (C=O) groups excluding carboxylic acids is 1. The van der Waals surface area contributed by atoms with E-state index in [1.165, 1.54) is 12.1 Å². The number of rotatable bonds is 6. The van der Waals surface area contributed by atoms with E-state index in [2.05, 4.69) is 24.1 Å². The molecule has 29 heavy (non-hydrogen) atoms. The van der Waals surface area contributed by atoms with E-state index in [-0.39, 0.29) is 23.2 Å². The van der Waals surface area contributed by atoms with Crippen molar-refractivity contribution in [3.8, 4) is 17.1 Å².